The standard InChI is InChI=1S/C14H12BrF2NS/c1-8(18)11-4-3-10(7-12(11)15)19-14-5-2-9(16)6-13(14)17/h2-8H,18H2,1H3/t8-/m1/s1. The van der Waals surface area contributed by atoms with E-state index in [1.807, 2.05) is 25.1 Å². The fourth-order valence-corrected chi connectivity index (χ4v) is 3.38. The van der Waals surface area contributed by atoms with Crippen LogP contribution in [0.15, 0.2) is 50.7 Å². The molecule has 0 saturated heterocycles. The average molecular weight is 344 g/mol. The Morgan fingerprint density at radius 2 is 1.89 bits per heavy atom. The van der Waals surface area contributed by atoms with E-state index in [4.69, 9.17) is 5.73 Å². The Morgan fingerprint density at radius 3 is 2.47 bits per heavy atom. The van der Waals surface area contributed by atoms with E-state index < -0.39 is 11.6 Å². The van der Waals surface area contributed by atoms with Gasteiger partial charge in [0.05, 0.1) is 0 Å². The van der Waals surface area contributed by atoms with Gasteiger partial charge < -0.3 is 5.73 Å². The van der Waals surface area contributed by atoms with E-state index in [0.29, 0.717) is 4.90 Å². The highest BCUT2D eigenvalue weighted by Crippen LogP contribution is 2.33. The second kappa shape index (κ2) is 6.03. The Labute approximate surface area is 123 Å². The van der Waals surface area contributed by atoms with Gasteiger partial charge in [-0.05, 0) is 36.8 Å². The Morgan fingerprint density at radius 1 is 1.16 bits per heavy atom. The Kier molecular flexibility index (Phi) is 4.60. The molecule has 2 aromatic rings. The van der Waals surface area contributed by atoms with Gasteiger partial charge in [-0.3, -0.25) is 0 Å². The fraction of sp³-hybridized carbons (Fsp3) is 0.143. The van der Waals surface area contributed by atoms with Crippen molar-refractivity contribution in [2.24, 2.45) is 5.73 Å². The molecule has 0 aliphatic heterocycles. The van der Waals surface area contributed by atoms with E-state index >= 15 is 0 Å². The lowest BCUT2D eigenvalue weighted by atomic mass is 10.1. The molecule has 0 fully saturated rings. The number of hydrogen-bond donors (Lipinski definition) is 1. The van der Waals surface area contributed by atoms with Crippen molar-refractivity contribution in [2.75, 3.05) is 0 Å². The van der Waals surface area contributed by atoms with Crippen molar-refractivity contribution in [3.8, 4) is 0 Å². The summed E-state index contributed by atoms with van der Waals surface area (Å²) in [5, 5.41) is 0. The van der Waals surface area contributed by atoms with Crippen LogP contribution in [-0.4, -0.2) is 0 Å². The average Bonchev–Trinajstić information content (AvgIpc) is 2.32. The molecule has 0 saturated carbocycles. The fourth-order valence-electron chi connectivity index (χ4n) is 1.63. The first kappa shape index (κ1) is 14.5. The number of halogens is 3. The Hall–Kier alpha value is -0.910. The van der Waals surface area contributed by atoms with Crippen molar-refractivity contribution in [3.05, 3.63) is 58.1 Å². The second-order valence-corrected chi connectivity index (χ2v) is 6.12. The topological polar surface area (TPSA) is 26.0 Å². The molecule has 19 heavy (non-hydrogen) atoms. The van der Waals surface area contributed by atoms with Crippen LogP contribution in [0.1, 0.15) is 18.5 Å². The maximum atomic E-state index is 13.6. The Balaban J connectivity index is 2.26. The zero-order valence-corrected chi connectivity index (χ0v) is 12.6. The van der Waals surface area contributed by atoms with Crippen LogP contribution < -0.4 is 5.73 Å². The molecule has 100 valence electrons. The molecule has 2 rings (SSSR count). The van der Waals surface area contributed by atoms with E-state index in [1.54, 1.807) is 0 Å². The molecule has 0 amide bonds. The van der Waals surface area contributed by atoms with Crippen LogP contribution in [0.5, 0.6) is 0 Å². The largest absolute Gasteiger partial charge is 0.324 e. The lowest BCUT2D eigenvalue weighted by molar-refractivity contribution is 0.565. The predicted molar refractivity (Wildman–Crippen MR) is 77.2 cm³/mol. The normalized spacial score (nSPS) is 12.5. The van der Waals surface area contributed by atoms with Gasteiger partial charge in [0.25, 0.3) is 0 Å². The van der Waals surface area contributed by atoms with Gasteiger partial charge >= 0.3 is 0 Å². The van der Waals surface area contributed by atoms with Gasteiger partial charge in [0.1, 0.15) is 11.6 Å². The van der Waals surface area contributed by atoms with Crippen LogP contribution in [0.2, 0.25) is 0 Å². The van der Waals surface area contributed by atoms with Gasteiger partial charge in [0.15, 0.2) is 0 Å². The molecule has 0 unspecified atom stereocenters. The molecule has 0 heterocycles. The third kappa shape index (κ3) is 3.55. The molecule has 2 N–H and O–H groups in total. The van der Waals surface area contributed by atoms with Gasteiger partial charge in [-0.1, -0.05) is 33.8 Å². The van der Waals surface area contributed by atoms with Crippen LogP contribution in [0, 0.1) is 11.6 Å². The highest BCUT2D eigenvalue weighted by atomic mass is 79.9. The highest BCUT2D eigenvalue weighted by molar-refractivity contribution is 9.10. The summed E-state index contributed by atoms with van der Waals surface area (Å²) in [6, 6.07) is 9.14. The summed E-state index contributed by atoms with van der Waals surface area (Å²) in [5.41, 5.74) is 6.81. The molecule has 2 aromatic carbocycles. The van der Waals surface area contributed by atoms with Crippen LogP contribution in [0.25, 0.3) is 0 Å². The van der Waals surface area contributed by atoms with Crippen LogP contribution in [0.3, 0.4) is 0 Å². The van der Waals surface area contributed by atoms with Crippen molar-refractivity contribution in [3.63, 3.8) is 0 Å². The second-order valence-electron chi connectivity index (χ2n) is 4.15. The third-order valence-corrected chi connectivity index (χ3v) is 4.31. The SMILES string of the molecule is C[C@@H](N)c1ccc(Sc2ccc(F)cc2F)cc1Br. The first-order valence-corrected chi connectivity index (χ1v) is 7.26. The maximum Gasteiger partial charge on any atom is 0.140 e. The summed E-state index contributed by atoms with van der Waals surface area (Å²) in [5.74, 6) is -1.13. The number of rotatable bonds is 3. The summed E-state index contributed by atoms with van der Waals surface area (Å²) in [6.07, 6.45) is 0. The van der Waals surface area contributed by atoms with Gasteiger partial charge in [-0.2, -0.15) is 0 Å². The minimum absolute atomic E-state index is 0.0732. The van der Waals surface area contributed by atoms with E-state index in [-0.39, 0.29) is 6.04 Å². The number of nitrogens with two attached hydrogens (primary N) is 1. The van der Waals surface area contributed by atoms with Crippen molar-refractivity contribution in [2.45, 2.75) is 22.8 Å². The summed E-state index contributed by atoms with van der Waals surface area (Å²) < 4.78 is 27.3. The monoisotopic (exact) mass is 343 g/mol. The van der Waals surface area contributed by atoms with Gasteiger partial charge in [-0.25, -0.2) is 8.78 Å². The summed E-state index contributed by atoms with van der Waals surface area (Å²) >= 11 is 4.69. The molecule has 0 bridgehead atoms. The lowest BCUT2D eigenvalue weighted by Crippen LogP contribution is -2.05. The number of hydrogen-bond acceptors (Lipinski definition) is 2. The van der Waals surface area contributed by atoms with Crippen molar-refractivity contribution in [1.29, 1.82) is 0 Å². The van der Waals surface area contributed by atoms with Gasteiger partial charge in [-0.15, -0.1) is 0 Å². The molecule has 5 heteroatoms. The minimum Gasteiger partial charge on any atom is -0.324 e. The molecule has 0 radical (unpaired) electrons. The van der Waals surface area contributed by atoms with Crippen LogP contribution in [-0.2, 0) is 0 Å². The molecule has 1 atom stereocenters. The van der Waals surface area contributed by atoms with E-state index in [2.05, 4.69) is 15.9 Å². The smallest absolute Gasteiger partial charge is 0.140 e. The van der Waals surface area contributed by atoms with Gasteiger partial charge in [0, 0.05) is 26.4 Å². The maximum absolute atomic E-state index is 13.6. The van der Waals surface area contributed by atoms with Crippen molar-refractivity contribution in [1.82, 2.24) is 0 Å². The zero-order chi connectivity index (χ0) is 14.0. The molecular formula is C14H12BrF2NS. The summed E-state index contributed by atoms with van der Waals surface area (Å²) in [7, 11) is 0. The predicted octanol–water partition coefficient (Wildman–Crippen LogP) is 4.90. The number of benzene rings is 2. The first-order chi connectivity index (χ1) is 8.97. The van der Waals surface area contributed by atoms with Crippen LogP contribution in [0.4, 0.5) is 8.78 Å². The third-order valence-electron chi connectivity index (χ3n) is 2.58. The molecular weight excluding hydrogens is 332 g/mol. The highest BCUT2D eigenvalue weighted by Gasteiger charge is 2.09. The van der Waals surface area contributed by atoms with Crippen LogP contribution >= 0.6 is 27.7 Å². The van der Waals surface area contributed by atoms with Gasteiger partial charge in [0.2, 0.25) is 0 Å². The first-order valence-electron chi connectivity index (χ1n) is 5.65. The van der Waals surface area contributed by atoms with Crippen molar-refractivity contribution >= 4 is 27.7 Å². The Bertz CT molecular complexity index is 602. The zero-order valence-electron chi connectivity index (χ0n) is 10.2. The van der Waals surface area contributed by atoms with E-state index in [0.717, 1.165) is 21.0 Å². The molecule has 0 aliphatic carbocycles. The van der Waals surface area contributed by atoms with E-state index in [9.17, 15) is 8.78 Å². The lowest BCUT2D eigenvalue weighted by Gasteiger charge is -2.10. The quantitative estimate of drug-likeness (QED) is 0.857. The molecule has 0 aromatic heterocycles. The van der Waals surface area contributed by atoms with E-state index in [1.165, 1.54) is 23.9 Å². The summed E-state index contributed by atoms with van der Waals surface area (Å²) in [4.78, 5) is 1.25. The molecule has 0 spiro atoms. The summed E-state index contributed by atoms with van der Waals surface area (Å²) in [6.45, 7) is 1.90. The van der Waals surface area contributed by atoms with Crippen molar-refractivity contribution < 1.29 is 8.78 Å². The molecule has 0 aliphatic rings. The minimum atomic E-state index is -0.574. The molecule has 1 nitrogen and oxygen atoms in total.